The second kappa shape index (κ2) is 22.9. The van der Waals surface area contributed by atoms with Gasteiger partial charge in [-0.1, -0.05) is 31.2 Å². The van der Waals surface area contributed by atoms with E-state index >= 15 is 0 Å². The van der Waals surface area contributed by atoms with Crippen LogP contribution in [0.25, 0.3) is 10.8 Å². The fourth-order valence-electron chi connectivity index (χ4n) is 7.85. The second-order valence-electron chi connectivity index (χ2n) is 16.6. The summed E-state index contributed by atoms with van der Waals surface area (Å²) in [5.74, 6) is -5.91. The second-order valence-corrected chi connectivity index (χ2v) is 16.6. The summed E-state index contributed by atoms with van der Waals surface area (Å²) >= 11 is 0. The Balaban J connectivity index is 1.35. The molecule has 16 N–H and O–H groups in total. The van der Waals surface area contributed by atoms with Crippen molar-refractivity contribution in [1.82, 2.24) is 15.6 Å². The lowest BCUT2D eigenvalue weighted by Gasteiger charge is -2.48. The Labute approximate surface area is 367 Å². The molecule has 25 nitrogen and oxygen atoms in total. The van der Waals surface area contributed by atoms with E-state index in [1.807, 2.05) is 0 Å². The fourth-order valence-corrected chi connectivity index (χ4v) is 7.85. The zero-order valence-electron chi connectivity index (χ0n) is 35.4. The Morgan fingerprint density at radius 2 is 1.48 bits per heavy atom. The number of carboxylic acid groups (broad SMARTS) is 1. The highest BCUT2D eigenvalue weighted by Crippen LogP contribution is 2.35. The molecule has 362 valence electrons. The number of hydrogen-bond acceptors (Lipinski definition) is 23. The van der Waals surface area contributed by atoms with E-state index in [1.54, 1.807) is 31.2 Å². The molecule has 3 saturated heterocycles. The summed E-state index contributed by atoms with van der Waals surface area (Å²) < 4.78 is 40.3. The Morgan fingerprint density at radius 1 is 0.859 bits per heavy atom. The number of fused-ring (bicyclic) bond motifs is 1. The third-order valence-electron chi connectivity index (χ3n) is 11.7. The maximum atomic E-state index is 14.0. The van der Waals surface area contributed by atoms with Crippen molar-refractivity contribution < 1.29 is 93.8 Å². The van der Waals surface area contributed by atoms with Crippen LogP contribution < -0.4 is 22.3 Å². The minimum absolute atomic E-state index is 0.0384. The minimum atomic E-state index is -1.88. The molecule has 1 aromatic carbocycles. The first-order valence-corrected chi connectivity index (χ1v) is 20.8. The van der Waals surface area contributed by atoms with Crippen molar-refractivity contribution in [3.63, 3.8) is 0 Å². The van der Waals surface area contributed by atoms with Gasteiger partial charge in [-0.2, -0.15) is 5.10 Å². The van der Waals surface area contributed by atoms with Gasteiger partial charge >= 0.3 is 5.97 Å². The number of aromatic nitrogens is 2. The van der Waals surface area contributed by atoms with Crippen LogP contribution in [0.2, 0.25) is 0 Å². The highest BCUT2D eigenvalue weighted by Gasteiger charge is 2.52. The van der Waals surface area contributed by atoms with Crippen molar-refractivity contribution in [2.45, 2.75) is 125 Å². The number of benzene rings is 1. The van der Waals surface area contributed by atoms with Crippen LogP contribution in [0.1, 0.15) is 27.2 Å². The summed E-state index contributed by atoms with van der Waals surface area (Å²) in [4.78, 5) is 25.5. The summed E-state index contributed by atoms with van der Waals surface area (Å²) in [6.45, 7) is 0.473. The first kappa shape index (κ1) is 51.6. The Bertz CT molecular complexity index is 1790. The molecule has 2 aromatic rings. The molecule has 64 heavy (non-hydrogen) atoms. The lowest BCUT2D eigenvalue weighted by atomic mass is 9.80. The largest absolute Gasteiger partial charge is 0.479 e. The highest BCUT2D eigenvalue weighted by atomic mass is 16.7. The summed E-state index contributed by atoms with van der Waals surface area (Å²) in [5.41, 5.74) is 16.5. The van der Waals surface area contributed by atoms with E-state index in [-0.39, 0.29) is 12.2 Å². The van der Waals surface area contributed by atoms with Gasteiger partial charge in [-0.15, -0.1) is 5.10 Å². The smallest absolute Gasteiger partial charge is 0.335 e. The highest BCUT2D eigenvalue weighted by molar-refractivity contribution is 5.92. The normalized spacial score (nSPS) is 35.1. The van der Waals surface area contributed by atoms with Gasteiger partial charge < -0.3 is 95.7 Å². The molecule has 18 atom stereocenters. The molecule has 1 amide bonds. The first-order chi connectivity index (χ1) is 30.4. The number of aliphatic hydroxyl groups excluding tert-OH is 8. The number of hydrazine groups is 1. The SMILES string of the molecule is CCC(O)C(OCC1C(N)C(OCC2C(C(=O)NNc3nncc4ccccc34)OC(OCC3C(N)C(C(C)(C)O)OC(CO)C3O)C(O)C2O)OC(CO)C1O)OC(CO)C(=O)O. The van der Waals surface area contributed by atoms with Crippen LogP contribution in [0.5, 0.6) is 0 Å². The summed E-state index contributed by atoms with van der Waals surface area (Å²) in [7, 11) is 0. The van der Waals surface area contributed by atoms with Gasteiger partial charge in [-0.05, 0) is 20.3 Å². The Hall–Kier alpha value is -3.42. The van der Waals surface area contributed by atoms with Crippen LogP contribution in [0, 0.1) is 17.8 Å². The number of hydrogen-bond donors (Lipinski definition) is 14. The van der Waals surface area contributed by atoms with E-state index < -0.39 is 167 Å². The standard InChI is InChI=1S/C39H62N6O19/c1-4-21(49)36(63-24(12-48)35(55)56)58-14-19-26(41)37(62-23(11-47)28(19)51)59-15-20-29(52)30(53)38(60-13-18-25(40)32(39(2,3)57)61-22(10-46)27(18)50)64-31(20)34(54)45-44-33-17-8-6-5-7-16(17)9-42-43-33/h5-9,18-32,36-38,46-53,57H,4,10-15,40-41H2,1-3H3,(H,43,44)(H,45,54)(H,55,56). The van der Waals surface area contributed by atoms with Gasteiger partial charge in [0.15, 0.2) is 30.8 Å². The number of nitrogens with one attached hydrogen (secondary N) is 2. The number of carbonyl (C=O) groups is 2. The number of carboxylic acids is 1. The monoisotopic (exact) mass is 918 g/mol. The number of ether oxygens (including phenoxy) is 7. The zero-order chi connectivity index (χ0) is 47.0. The molecule has 0 spiro atoms. The molecule has 0 saturated carbocycles. The van der Waals surface area contributed by atoms with Gasteiger partial charge in [0.1, 0.15) is 36.6 Å². The number of aliphatic carboxylic acids is 1. The summed E-state index contributed by atoms with van der Waals surface area (Å²) in [5, 5.41) is 114. The average molecular weight is 919 g/mol. The number of carbonyl (C=O) groups excluding carboxylic acids is 1. The van der Waals surface area contributed by atoms with Gasteiger partial charge in [-0.3, -0.25) is 15.6 Å². The van der Waals surface area contributed by atoms with Crippen molar-refractivity contribution in [3.05, 3.63) is 30.5 Å². The molecule has 1 aromatic heterocycles. The van der Waals surface area contributed by atoms with Crippen molar-refractivity contribution in [2.24, 2.45) is 29.2 Å². The molecule has 18 unspecified atom stereocenters. The molecule has 0 aliphatic carbocycles. The zero-order valence-corrected chi connectivity index (χ0v) is 35.4. The number of nitrogens with two attached hydrogens (primary N) is 2. The van der Waals surface area contributed by atoms with Crippen LogP contribution in [0.3, 0.4) is 0 Å². The number of rotatable bonds is 21. The van der Waals surface area contributed by atoms with E-state index in [2.05, 4.69) is 21.0 Å². The van der Waals surface area contributed by atoms with E-state index in [0.717, 1.165) is 0 Å². The predicted molar refractivity (Wildman–Crippen MR) is 216 cm³/mol. The molecular weight excluding hydrogens is 856 g/mol. The molecule has 0 bridgehead atoms. The lowest BCUT2D eigenvalue weighted by molar-refractivity contribution is -0.307. The number of nitrogens with zero attached hydrogens (tertiary/aromatic N) is 2. The molecule has 3 fully saturated rings. The molecule has 3 aliphatic rings. The van der Waals surface area contributed by atoms with Crippen LogP contribution in [-0.2, 0) is 42.7 Å². The Kier molecular flexibility index (Phi) is 18.4. The van der Waals surface area contributed by atoms with E-state index in [0.29, 0.717) is 10.8 Å². The van der Waals surface area contributed by atoms with Crippen LogP contribution in [0.4, 0.5) is 5.82 Å². The predicted octanol–water partition coefficient (Wildman–Crippen LogP) is -5.40. The van der Waals surface area contributed by atoms with Crippen LogP contribution in [-0.4, -0.2) is 210 Å². The van der Waals surface area contributed by atoms with Crippen molar-refractivity contribution in [3.8, 4) is 0 Å². The van der Waals surface area contributed by atoms with Crippen molar-refractivity contribution >= 4 is 28.5 Å². The summed E-state index contributed by atoms with van der Waals surface area (Å²) in [6, 6.07) is 4.64. The summed E-state index contributed by atoms with van der Waals surface area (Å²) in [6.07, 6.45) is -18.4. The Morgan fingerprint density at radius 3 is 2.11 bits per heavy atom. The third-order valence-corrected chi connectivity index (χ3v) is 11.7. The van der Waals surface area contributed by atoms with Crippen LogP contribution in [0.15, 0.2) is 30.5 Å². The van der Waals surface area contributed by atoms with Crippen molar-refractivity contribution in [2.75, 3.05) is 45.1 Å². The maximum Gasteiger partial charge on any atom is 0.335 e. The third kappa shape index (κ3) is 11.9. The molecular formula is C39H62N6O19. The number of amides is 1. The van der Waals surface area contributed by atoms with E-state index in [1.165, 1.54) is 20.0 Å². The fraction of sp³-hybridized carbons (Fsp3) is 0.744. The average Bonchev–Trinajstić information content (AvgIpc) is 3.27. The first-order valence-electron chi connectivity index (χ1n) is 20.8. The van der Waals surface area contributed by atoms with Gasteiger partial charge in [0, 0.05) is 34.6 Å². The van der Waals surface area contributed by atoms with E-state index in [4.69, 9.17) is 44.6 Å². The van der Waals surface area contributed by atoms with Crippen molar-refractivity contribution in [1.29, 1.82) is 0 Å². The van der Waals surface area contributed by atoms with Gasteiger partial charge in [0.2, 0.25) is 0 Å². The maximum absolute atomic E-state index is 14.0. The molecule has 25 heteroatoms. The lowest BCUT2D eigenvalue weighted by Crippen LogP contribution is -2.66. The molecule has 4 heterocycles. The quantitative estimate of drug-likeness (QED) is 0.0410. The molecule has 5 rings (SSSR count). The minimum Gasteiger partial charge on any atom is -0.479 e. The molecule has 0 radical (unpaired) electrons. The van der Waals surface area contributed by atoms with Gasteiger partial charge in [0.05, 0.1) is 75.8 Å². The number of anilines is 1. The van der Waals surface area contributed by atoms with Crippen LogP contribution >= 0.6 is 0 Å². The molecule has 3 aliphatic heterocycles. The van der Waals surface area contributed by atoms with Gasteiger partial charge in [-0.25, -0.2) is 4.79 Å². The number of aliphatic hydroxyl groups is 9. The van der Waals surface area contributed by atoms with Gasteiger partial charge in [0.25, 0.3) is 5.91 Å². The van der Waals surface area contributed by atoms with E-state index in [9.17, 15) is 60.7 Å². The topological polar surface area (TPSA) is 403 Å².